The van der Waals surface area contributed by atoms with E-state index in [2.05, 4.69) is 29.3 Å². The standard InChI is InChI=1S/C16H21N3O2S/c1-2-3-11-4-6-12(7-5-11)14(20)10-22-16-18-17-15(21)19(16)13-8-9-13/h4-7,13-14,20H,2-3,8-10H2,1H3,(H,17,21)/t14-/m0/s1. The van der Waals surface area contributed by atoms with Crippen molar-refractivity contribution in [2.75, 3.05) is 5.75 Å². The van der Waals surface area contributed by atoms with Crippen LogP contribution in [0.25, 0.3) is 0 Å². The average molecular weight is 319 g/mol. The van der Waals surface area contributed by atoms with Crippen LogP contribution in [-0.4, -0.2) is 25.6 Å². The zero-order chi connectivity index (χ0) is 15.5. The molecule has 0 unspecified atom stereocenters. The highest BCUT2D eigenvalue weighted by Crippen LogP contribution is 2.36. The summed E-state index contributed by atoms with van der Waals surface area (Å²) >= 11 is 1.42. The van der Waals surface area contributed by atoms with Crippen molar-refractivity contribution in [3.63, 3.8) is 0 Å². The first-order chi connectivity index (χ1) is 10.7. The fourth-order valence-corrected chi connectivity index (χ4v) is 3.47. The van der Waals surface area contributed by atoms with Gasteiger partial charge < -0.3 is 5.11 Å². The third kappa shape index (κ3) is 3.44. The molecule has 1 fully saturated rings. The number of aliphatic hydroxyl groups is 1. The average Bonchev–Trinajstić information content (AvgIpc) is 3.29. The second kappa shape index (κ2) is 6.71. The monoisotopic (exact) mass is 319 g/mol. The smallest absolute Gasteiger partial charge is 0.344 e. The summed E-state index contributed by atoms with van der Waals surface area (Å²) in [7, 11) is 0. The summed E-state index contributed by atoms with van der Waals surface area (Å²) in [4.78, 5) is 11.7. The maximum absolute atomic E-state index is 11.7. The quantitative estimate of drug-likeness (QED) is 0.770. The van der Waals surface area contributed by atoms with E-state index in [9.17, 15) is 9.90 Å². The van der Waals surface area contributed by atoms with E-state index in [4.69, 9.17) is 0 Å². The van der Waals surface area contributed by atoms with Gasteiger partial charge in [-0.15, -0.1) is 5.10 Å². The summed E-state index contributed by atoms with van der Waals surface area (Å²) in [6, 6.07) is 8.39. The van der Waals surface area contributed by atoms with Crippen LogP contribution in [-0.2, 0) is 6.42 Å². The van der Waals surface area contributed by atoms with Crippen molar-refractivity contribution >= 4 is 11.8 Å². The van der Waals surface area contributed by atoms with Gasteiger partial charge >= 0.3 is 5.69 Å². The fourth-order valence-electron chi connectivity index (χ4n) is 2.49. The number of hydrogen-bond donors (Lipinski definition) is 2. The molecule has 0 radical (unpaired) electrons. The minimum Gasteiger partial charge on any atom is -0.388 e. The number of rotatable bonds is 7. The predicted octanol–water partition coefficient (Wildman–Crippen LogP) is 2.68. The molecule has 0 aliphatic heterocycles. The Kier molecular flexibility index (Phi) is 4.69. The van der Waals surface area contributed by atoms with Crippen molar-refractivity contribution in [3.05, 3.63) is 45.9 Å². The molecule has 5 nitrogen and oxygen atoms in total. The van der Waals surface area contributed by atoms with Gasteiger partial charge in [-0.3, -0.25) is 4.57 Å². The Morgan fingerprint density at radius 3 is 2.77 bits per heavy atom. The van der Waals surface area contributed by atoms with Crippen molar-refractivity contribution < 1.29 is 5.11 Å². The molecule has 2 N–H and O–H groups in total. The summed E-state index contributed by atoms with van der Waals surface area (Å²) in [5, 5.41) is 17.5. The van der Waals surface area contributed by atoms with Crippen LogP contribution in [0.4, 0.5) is 0 Å². The third-order valence-electron chi connectivity index (χ3n) is 3.86. The fraction of sp³-hybridized carbons (Fsp3) is 0.500. The lowest BCUT2D eigenvalue weighted by Gasteiger charge is -2.11. The summed E-state index contributed by atoms with van der Waals surface area (Å²) < 4.78 is 1.71. The number of aromatic nitrogens is 3. The molecule has 6 heteroatoms. The first kappa shape index (κ1) is 15.4. The Morgan fingerprint density at radius 1 is 1.41 bits per heavy atom. The van der Waals surface area contributed by atoms with E-state index in [1.807, 2.05) is 12.1 Å². The number of aliphatic hydroxyl groups excluding tert-OH is 1. The predicted molar refractivity (Wildman–Crippen MR) is 87.2 cm³/mol. The molecule has 0 saturated heterocycles. The second-order valence-electron chi connectivity index (χ2n) is 5.73. The first-order valence-corrected chi connectivity index (χ1v) is 8.74. The van der Waals surface area contributed by atoms with Gasteiger partial charge in [0.05, 0.1) is 6.10 Å². The number of H-pyrrole nitrogens is 1. The molecule has 0 bridgehead atoms. The molecule has 1 saturated carbocycles. The summed E-state index contributed by atoms with van der Waals surface area (Å²) in [5.41, 5.74) is 2.05. The molecule has 0 spiro atoms. The van der Waals surface area contributed by atoms with Gasteiger partial charge in [-0.2, -0.15) is 0 Å². The Balaban J connectivity index is 1.62. The number of nitrogens with one attached hydrogen (secondary N) is 1. The van der Waals surface area contributed by atoms with Crippen LogP contribution in [0.3, 0.4) is 0 Å². The number of aromatic amines is 1. The second-order valence-corrected chi connectivity index (χ2v) is 6.72. The van der Waals surface area contributed by atoms with Gasteiger partial charge in [-0.05, 0) is 30.4 Å². The molecule has 1 heterocycles. The van der Waals surface area contributed by atoms with Gasteiger partial charge in [-0.1, -0.05) is 49.4 Å². The Labute approximate surface area is 133 Å². The van der Waals surface area contributed by atoms with Gasteiger partial charge in [0.2, 0.25) is 0 Å². The first-order valence-electron chi connectivity index (χ1n) is 7.75. The third-order valence-corrected chi connectivity index (χ3v) is 4.89. The molecule has 1 aromatic carbocycles. The van der Waals surface area contributed by atoms with E-state index in [0.717, 1.165) is 31.2 Å². The van der Waals surface area contributed by atoms with Crippen molar-refractivity contribution in [3.8, 4) is 0 Å². The SMILES string of the molecule is CCCc1ccc([C@@H](O)CSc2n[nH]c(=O)n2C2CC2)cc1. The Hall–Kier alpha value is -1.53. The van der Waals surface area contributed by atoms with Crippen molar-refractivity contribution in [1.82, 2.24) is 14.8 Å². The van der Waals surface area contributed by atoms with E-state index >= 15 is 0 Å². The minimum absolute atomic E-state index is 0.150. The van der Waals surface area contributed by atoms with Crippen molar-refractivity contribution in [2.45, 2.75) is 49.9 Å². The summed E-state index contributed by atoms with van der Waals surface area (Å²) in [6.45, 7) is 2.16. The van der Waals surface area contributed by atoms with Gasteiger partial charge in [0, 0.05) is 11.8 Å². The number of aryl methyl sites for hydroxylation is 1. The number of nitrogens with zero attached hydrogens (tertiary/aromatic N) is 2. The lowest BCUT2D eigenvalue weighted by atomic mass is 10.1. The Bertz CT molecular complexity index is 673. The highest BCUT2D eigenvalue weighted by atomic mass is 32.2. The maximum atomic E-state index is 11.7. The van der Waals surface area contributed by atoms with Gasteiger partial charge in [0.1, 0.15) is 0 Å². The molecule has 1 aliphatic carbocycles. The molecule has 2 aromatic rings. The molecule has 22 heavy (non-hydrogen) atoms. The molecule has 1 aromatic heterocycles. The molecule has 1 atom stereocenters. The van der Waals surface area contributed by atoms with Gasteiger partial charge in [0.15, 0.2) is 5.16 Å². The van der Waals surface area contributed by atoms with E-state index in [-0.39, 0.29) is 5.69 Å². The van der Waals surface area contributed by atoms with Crippen LogP contribution in [0.15, 0.2) is 34.2 Å². The molecule has 0 amide bonds. The lowest BCUT2D eigenvalue weighted by Crippen LogP contribution is -2.16. The van der Waals surface area contributed by atoms with Crippen LogP contribution < -0.4 is 5.69 Å². The van der Waals surface area contributed by atoms with Crippen LogP contribution in [0.2, 0.25) is 0 Å². The summed E-state index contributed by atoms with van der Waals surface area (Å²) in [6.07, 6.45) is 3.70. The zero-order valence-corrected chi connectivity index (χ0v) is 13.5. The number of hydrogen-bond acceptors (Lipinski definition) is 4. The molecule has 3 rings (SSSR count). The largest absolute Gasteiger partial charge is 0.388 e. The van der Waals surface area contributed by atoms with Crippen LogP contribution in [0.5, 0.6) is 0 Å². The van der Waals surface area contributed by atoms with Gasteiger partial charge in [0.25, 0.3) is 0 Å². The molecule has 1 aliphatic rings. The summed E-state index contributed by atoms with van der Waals surface area (Å²) in [5.74, 6) is 0.490. The topological polar surface area (TPSA) is 70.9 Å². The molecular weight excluding hydrogens is 298 g/mol. The van der Waals surface area contributed by atoms with Crippen LogP contribution >= 0.6 is 11.8 Å². The van der Waals surface area contributed by atoms with Crippen LogP contribution in [0, 0.1) is 0 Å². The maximum Gasteiger partial charge on any atom is 0.344 e. The molecule has 118 valence electrons. The highest BCUT2D eigenvalue weighted by Gasteiger charge is 2.28. The van der Waals surface area contributed by atoms with E-state index in [1.54, 1.807) is 4.57 Å². The minimum atomic E-state index is -0.555. The highest BCUT2D eigenvalue weighted by molar-refractivity contribution is 7.99. The van der Waals surface area contributed by atoms with E-state index < -0.39 is 6.10 Å². The van der Waals surface area contributed by atoms with E-state index in [0.29, 0.717) is 17.0 Å². The van der Waals surface area contributed by atoms with Crippen LogP contribution in [0.1, 0.15) is 49.5 Å². The zero-order valence-electron chi connectivity index (χ0n) is 12.7. The van der Waals surface area contributed by atoms with Gasteiger partial charge in [-0.25, -0.2) is 9.89 Å². The number of benzene rings is 1. The van der Waals surface area contributed by atoms with Crippen molar-refractivity contribution in [2.24, 2.45) is 0 Å². The normalized spacial score (nSPS) is 15.9. The Morgan fingerprint density at radius 2 is 2.14 bits per heavy atom. The molecular formula is C16H21N3O2S. The lowest BCUT2D eigenvalue weighted by molar-refractivity contribution is 0.204. The van der Waals surface area contributed by atoms with E-state index in [1.165, 1.54) is 17.3 Å². The van der Waals surface area contributed by atoms with Crippen molar-refractivity contribution in [1.29, 1.82) is 0 Å². The number of thioether (sulfide) groups is 1.